The Labute approximate surface area is 105 Å². The van der Waals surface area contributed by atoms with Crippen molar-refractivity contribution in [3.63, 3.8) is 0 Å². The van der Waals surface area contributed by atoms with E-state index in [1.165, 1.54) is 71.2 Å². The first-order valence-corrected chi connectivity index (χ1v) is 7.53. The highest BCUT2D eigenvalue weighted by Crippen LogP contribution is 2.27. The molecule has 3 nitrogen and oxygen atoms in total. The lowest BCUT2D eigenvalue weighted by molar-refractivity contribution is 0.198. The molecule has 1 saturated carbocycles. The lowest BCUT2D eigenvalue weighted by Crippen LogP contribution is -2.38. The molecule has 17 heavy (non-hydrogen) atoms. The van der Waals surface area contributed by atoms with Gasteiger partial charge in [-0.1, -0.05) is 0 Å². The molecule has 2 heterocycles. The van der Waals surface area contributed by atoms with Crippen molar-refractivity contribution < 1.29 is 0 Å². The van der Waals surface area contributed by atoms with Crippen molar-refractivity contribution in [2.75, 3.05) is 32.7 Å². The van der Waals surface area contributed by atoms with Crippen molar-refractivity contribution in [3.8, 4) is 0 Å². The third-order valence-electron chi connectivity index (χ3n) is 4.99. The largest absolute Gasteiger partial charge is 0.328 e. The fourth-order valence-corrected chi connectivity index (χ4v) is 4.09. The smallest absolute Gasteiger partial charge is 0.0223 e. The van der Waals surface area contributed by atoms with Gasteiger partial charge in [0.1, 0.15) is 0 Å². The Morgan fingerprint density at radius 1 is 1.00 bits per heavy atom. The van der Waals surface area contributed by atoms with Gasteiger partial charge in [-0.15, -0.1) is 0 Å². The molecule has 3 heteroatoms. The summed E-state index contributed by atoms with van der Waals surface area (Å²) in [6, 6.07) is 1.36. The van der Waals surface area contributed by atoms with Gasteiger partial charge in [0, 0.05) is 25.2 Å². The summed E-state index contributed by atoms with van der Waals surface area (Å²) in [5.74, 6) is 0.887. The Hall–Kier alpha value is -0.120. The SMILES string of the molecule is NC1CCC(CN2CCCN3CCCC3C2)C1. The summed E-state index contributed by atoms with van der Waals surface area (Å²) in [5, 5.41) is 0. The monoisotopic (exact) mass is 237 g/mol. The normalized spacial score (nSPS) is 40.4. The summed E-state index contributed by atoms with van der Waals surface area (Å²) in [7, 11) is 0. The molecule has 2 N–H and O–H groups in total. The summed E-state index contributed by atoms with van der Waals surface area (Å²) in [5.41, 5.74) is 6.02. The molecule has 1 aliphatic carbocycles. The second-order valence-corrected chi connectivity index (χ2v) is 6.38. The molecule has 0 spiro atoms. The zero-order valence-corrected chi connectivity index (χ0v) is 11.0. The van der Waals surface area contributed by atoms with E-state index in [1.54, 1.807) is 0 Å². The van der Waals surface area contributed by atoms with Crippen molar-refractivity contribution in [2.24, 2.45) is 11.7 Å². The number of fused-ring (bicyclic) bond motifs is 1. The molecule has 3 unspecified atom stereocenters. The minimum atomic E-state index is 0.495. The van der Waals surface area contributed by atoms with Gasteiger partial charge in [-0.25, -0.2) is 0 Å². The molecular weight excluding hydrogens is 210 g/mol. The molecule has 3 atom stereocenters. The van der Waals surface area contributed by atoms with Crippen LogP contribution in [0.3, 0.4) is 0 Å². The van der Waals surface area contributed by atoms with Crippen LogP contribution < -0.4 is 5.73 Å². The van der Waals surface area contributed by atoms with Crippen LogP contribution in [0.15, 0.2) is 0 Å². The van der Waals surface area contributed by atoms with Gasteiger partial charge < -0.3 is 10.6 Å². The average molecular weight is 237 g/mol. The standard InChI is InChI=1S/C14H27N3/c15-13-5-4-12(9-13)10-16-6-2-8-17-7-1-3-14(17)11-16/h12-14H,1-11,15H2. The van der Waals surface area contributed by atoms with Crippen LogP contribution in [0, 0.1) is 5.92 Å². The number of nitrogens with two attached hydrogens (primary N) is 1. The third-order valence-corrected chi connectivity index (χ3v) is 4.99. The van der Waals surface area contributed by atoms with Crippen molar-refractivity contribution in [1.29, 1.82) is 0 Å². The Morgan fingerprint density at radius 2 is 1.88 bits per heavy atom. The zero-order chi connectivity index (χ0) is 11.7. The van der Waals surface area contributed by atoms with Gasteiger partial charge in [0.05, 0.1) is 0 Å². The van der Waals surface area contributed by atoms with Crippen LogP contribution in [0.25, 0.3) is 0 Å². The minimum Gasteiger partial charge on any atom is -0.328 e. The molecule has 0 aromatic rings. The van der Waals surface area contributed by atoms with E-state index in [1.807, 2.05) is 0 Å². The van der Waals surface area contributed by atoms with Gasteiger partial charge in [0.15, 0.2) is 0 Å². The van der Waals surface area contributed by atoms with E-state index in [-0.39, 0.29) is 0 Å². The van der Waals surface area contributed by atoms with E-state index in [0.29, 0.717) is 6.04 Å². The van der Waals surface area contributed by atoms with Gasteiger partial charge in [-0.05, 0) is 64.1 Å². The fourth-order valence-electron chi connectivity index (χ4n) is 4.09. The Kier molecular flexibility index (Phi) is 3.69. The molecule has 3 rings (SSSR count). The topological polar surface area (TPSA) is 32.5 Å². The molecule has 98 valence electrons. The predicted octanol–water partition coefficient (Wildman–Crippen LogP) is 1.28. The van der Waals surface area contributed by atoms with Gasteiger partial charge in [-0.2, -0.15) is 0 Å². The molecule has 2 saturated heterocycles. The molecule has 2 aliphatic heterocycles. The number of nitrogens with zero attached hydrogens (tertiary/aromatic N) is 2. The first-order chi connectivity index (χ1) is 8.31. The van der Waals surface area contributed by atoms with E-state index in [9.17, 15) is 0 Å². The van der Waals surface area contributed by atoms with E-state index < -0.39 is 0 Å². The summed E-state index contributed by atoms with van der Waals surface area (Å²) in [6.07, 6.45) is 8.12. The maximum atomic E-state index is 6.02. The molecule has 0 aromatic heterocycles. The molecule has 3 aliphatic rings. The van der Waals surface area contributed by atoms with Crippen LogP contribution in [-0.4, -0.2) is 54.6 Å². The molecule has 0 bridgehead atoms. The van der Waals surface area contributed by atoms with Gasteiger partial charge in [0.2, 0.25) is 0 Å². The Morgan fingerprint density at radius 3 is 2.71 bits per heavy atom. The van der Waals surface area contributed by atoms with E-state index in [2.05, 4.69) is 9.80 Å². The molecule has 0 amide bonds. The summed E-state index contributed by atoms with van der Waals surface area (Å²) in [4.78, 5) is 5.46. The maximum Gasteiger partial charge on any atom is 0.0223 e. The van der Waals surface area contributed by atoms with Gasteiger partial charge >= 0.3 is 0 Å². The molecule has 0 radical (unpaired) electrons. The highest BCUT2D eigenvalue weighted by atomic mass is 15.3. The van der Waals surface area contributed by atoms with Gasteiger partial charge in [-0.3, -0.25) is 4.90 Å². The number of rotatable bonds is 2. The minimum absolute atomic E-state index is 0.495. The van der Waals surface area contributed by atoms with E-state index in [0.717, 1.165) is 12.0 Å². The fraction of sp³-hybridized carbons (Fsp3) is 1.00. The van der Waals surface area contributed by atoms with Crippen LogP contribution in [0.5, 0.6) is 0 Å². The summed E-state index contributed by atoms with van der Waals surface area (Å²) >= 11 is 0. The Bertz CT molecular complexity index is 256. The maximum absolute atomic E-state index is 6.02. The van der Waals surface area contributed by atoms with E-state index >= 15 is 0 Å². The van der Waals surface area contributed by atoms with Crippen LogP contribution >= 0.6 is 0 Å². The molecular formula is C14H27N3. The van der Waals surface area contributed by atoms with Crippen molar-refractivity contribution >= 4 is 0 Å². The van der Waals surface area contributed by atoms with Crippen molar-refractivity contribution in [1.82, 2.24) is 9.80 Å². The number of hydrogen-bond donors (Lipinski definition) is 1. The van der Waals surface area contributed by atoms with Crippen LogP contribution in [0.2, 0.25) is 0 Å². The number of hydrogen-bond acceptors (Lipinski definition) is 3. The van der Waals surface area contributed by atoms with Crippen LogP contribution in [0.4, 0.5) is 0 Å². The molecule has 3 fully saturated rings. The van der Waals surface area contributed by atoms with Crippen LogP contribution in [0.1, 0.15) is 38.5 Å². The zero-order valence-electron chi connectivity index (χ0n) is 11.0. The average Bonchev–Trinajstić information content (AvgIpc) is 2.85. The molecule has 0 aromatic carbocycles. The van der Waals surface area contributed by atoms with Gasteiger partial charge in [0.25, 0.3) is 0 Å². The summed E-state index contributed by atoms with van der Waals surface area (Å²) < 4.78 is 0. The quantitative estimate of drug-likeness (QED) is 0.785. The second-order valence-electron chi connectivity index (χ2n) is 6.38. The lowest BCUT2D eigenvalue weighted by Gasteiger charge is -2.27. The first-order valence-electron chi connectivity index (χ1n) is 7.53. The summed E-state index contributed by atoms with van der Waals surface area (Å²) in [6.45, 7) is 6.65. The Balaban J connectivity index is 1.52. The predicted molar refractivity (Wildman–Crippen MR) is 71.0 cm³/mol. The first kappa shape index (κ1) is 11.9. The highest BCUT2D eigenvalue weighted by molar-refractivity contribution is 4.87. The van der Waals surface area contributed by atoms with E-state index in [4.69, 9.17) is 5.73 Å². The lowest BCUT2D eigenvalue weighted by atomic mass is 10.1. The third kappa shape index (κ3) is 2.83. The second kappa shape index (κ2) is 5.25. The van der Waals surface area contributed by atoms with Crippen molar-refractivity contribution in [2.45, 2.75) is 50.6 Å². The highest BCUT2D eigenvalue weighted by Gasteiger charge is 2.30. The van der Waals surface area contributed by atoms with Crippen molar-refractivity contribution in [3.05, 3.63) is 0 Å². The van der Waals surface area contributed by atoms with Crippen LogP contribution in [-0.2, 0) is 0 Å².